The number of halogens is 1. The van der Waals surface area contributed by atoms with Gasteiger partial charge in [-0.05, 0) is 17.5 Å². The minimum absolute atomic E-state index is 0.125. The average Bonchev–Trinajstić information content (AvgIpc) is 2.50. The van der Waals surface area contributed by atoms with Crippen LogP contribution in [0.5, 0.6) is 0 Å². The van der Waals surface area contributed by atoms with Gasteiger partial charge in [-0.3, -0.25) is 5.10 Å². The van der Waals surface area contributed by atoms with Crippen molar-refractivity contribution in [2.45, 2.75) is 0 Å². The van der Waals surface area contributed by atoms with Gasteiger partial charge in [0.25, 0.3) is 0 Å². The van der Waals surface area contributed by atoms with Crippen molar-refractivity contribution in [3.8, 4) is 12.3 Å². The van der Waals surface area contributed by atoms with Gasteiger partial charge in [-0.25, -0.2) is 4.98 Å². The largest absolute Gasteiger partial charge is 0.261 e. The summed E-state index contributed by atoms with van der Waals surface area (Å²) in [6.45, 7) is 0. The van der Waals surface area contributed by atoms with E-state index in [9.17, 15) is 0 Å². The lowest BCUT2D eigenvalue weighted by Gasteiger charge is -1.92. The van der Waals surface area contributed by atoms with Crippen LogP contribution in [-0.4, -0.2) is 20.2 Å². The number of nitrogens with zero attached hydrogens (tertiary/aromatic N) is 3. The molecule has 0 spiro atoms. The van der Waals surface area contributed by atoms with E-state index in [1.54, 1.807) is 6.20 Å². The molecule has 0 atom stereocenters. The first-order valence-electron chi connectivity index (χ1n) is 3.14. The number of rotatable bonds is 0. The van der Waals surface area contributed by atoms with E-state index in [2.05, 4.69) is 26.1 Å². The maximum atomic E-state index is 5.59. The molecular weight excluding hydrogens is 176 g/mol. The summed E-state index contributed by atoms with van der Waals surface area (Å²) in [6.07, 6.45) is 6.77. The van der Waals surface area contributed by atoms with Crippen molar-refractivity contribution >= 4 is 22.6 Å². The molecule has 2 aromatic rings. The zero-order valence-corrected chi connectivity index (χ0v) is 6.63. The zero-order chi connectivity index (χ0) is 8.55. The normalized spacial score (nSPS) is 10.0. The lowest BCUT2D eigenvalue weighted by molar-refractivity contribution is 1.09. The molecule has 0 aromatic carbocycles. The number of hydrogen-bond acceptors (Lipinski definition) is 3. The van der Waals surface area contributed by atoms with Crippen molar-refractivity contribution < 1.29 is 0 Å². The maximum Gasteiger partial charge on any atom is 0.225 e. The summed E-state index contributed by atoms with van der Waals surface area (Å²) in [7, 11) is 0. The topological polar surface area (TPSA) is 54.5 Å². The van der Waals surface area contributed by atoms with Gasteiger partial charge in [-0.1, -0.05) is 0 Å². The molecule has 0 bridgehead atoms. The molecule has 0 amide bonds. The first kappa shape index (κ1) is 7.07. The Morgan fingerprint density at radius 3 is 3.08 bits per heavy atom. The highest BCUT2D eigenvalue weighted by molar-refractivity contribution is 6.28. The number of terminal acetylenes is 1. The Hall–Kier alpha value is -1.60. The van der Waals surface area contributed by atoms with Gasteiger partial charge in [-0.15, -0.1) is 6.42 Å². The molecule has 0 saturated heterocycles. The lowest BCUT2D eigenvalue weighted by Crippen LogP contribution is -1.88. The van der Waals surface area contributed by atoms with Crippen LogP contribution in [0.4, 0.5) is 0 Å². The van der Waals surface area contributed by atoms with Crippen LogP contribution in [0.3, 0.4) is 0 Å². The van der Waals surface area contributed by atoms with E-state index < -0.39 is 0 Å². The van der Waals surface area contributed by atoms with Crippen LogP contribution >= 0.6 is 11.6 Å². The maximum absolute atomic E-state index is 5.59. The van der Waals surface area contributed by atoms with Crippen molar-refractivity contribution in [1.82, 2.24) is 20.2 Å². The Morgan fingerprint density at radius 2 is 2.33 bits per heavy atom. The minimum atomic E-state index is 0.125. The molecule has 4 nitrogen and oxygen atoms in total. The number of aromatic nitrogens is 4. The molecule has 58 valence electrons. The van der Waals surface area contributed by atoms with Gasteiger partial charge in [0.05, 0.1) is 11.6 Å². The van der Waals surface area contributed by atoms with Crippen molar-refractivity contribution in [2.75, 3.05) is 0 Å². The molecule has 12 heavy (non-hydrogen) atoms. The van der Waals surface area contributed by atoms with Gasteiger partial charge in [0.2, 0.25) is 5.28 Å². The molecule has 0 aliphatic heterocycles. The highest BCUT2D eigenvalue weighted by Gasteiger charge is 2.04. The van der Waals surface area contributed by atoms with Crippen LogP contribution in [0.25, 0.3) is 11.0 Å². The summed E-state index contributed by atoms with van der Waals surface area (Å²) in [6, 6.07) is 0. The van der Waals surface area contributed by atoms with Gasteiger partial charge in [0.1, 0.15) is 5.69 Å². The quantitative estimate of drug-likeness (QED) is 0.484. The monoisotopic (exact) mass is 178 g/mol. The molecule has 2 rings (SSSR count). The molecule has 5 heteroatoms. The Labute approximate surface area is 73.0 Å². The number of H-pyrrole nitrogens is 1. The van der Waals surface area contributed by atoms with Gasteiger partial charge in [0.15, 0.2) is 5.65 Å². The standard InChI is InChI=1S/C7H3ClN4/c1-2-5-4-3-9-12-6(4)11-7(8)10-5/h1,3H,(H,9,10,11,12). The summed E-state index contributed by atoms with van der Waals surface area (Å²) in [5.74, 6) is 2.40. The first-order chi connectivity index (χ1) is 5.81. The zero-order valence-electron chi connectivity index (χ0n) is 5.87. The van der Waals surface area contributed by atoms with Crippen LogP contribution in [0.2, 0.25) is 5.28 Å². The third-order valence-electron chi connectivity index (χ3n) is 1.42. The average molecular weight is 179 g/mol. The van der Waals surface area contributed by atoms with Crippen molar-refractivity contribution in [3.05, 3.63) is 17.2 Å². The molecule has 0 unspecified atom stereocenters. The Bertz CT molecular complexity index is 468. The molecule has 0 radical (unpaired) electrons. The van der Waals surface area contributed by atoms with Crippen LogP contribution < -0.4 is 0 Å². The molecule has 2 aromatic heterocycles. The van der Waals surface area contributed by atoms with Crippen LogP contribution in [-0.2, 0) is 0 Å². The lowest BCUT2D eigenvalue weighted by atomic mass is 10.3. The third-order valence-corrected chi connectivity index (χ3v) is 1.59. The summed E-state index contributed by atoms with van der Waals surface area (Å²) in [5.41, 5.74) is 1.02. The van der Waals surface area contributed by atoms with Gasteiger partial charge in [-0.2, -0.15) is 10.1 Å². The van der Waals surface area contributed by atoms with Crippen molar-refractivity contribution in [3.63, 3.8) is 0 Å². The molecule has 0 aliphatic carbocycles. The van der Waals surface area contributed by atoms with Crippen LogP contribution in [0.1, 0.15) is 5.69 Å². The second-order valence-electron chi connectivity index (χ2n) is 2.12. The smallest absolute Gasteiger partial charge is 0.225 e. The molecule has 2 heterocycles. The van der Waals surface area contributed by atoms with E-state index in [0.717, 1.165) is 0 Å². The molecule has 0 saturated carbocycles. The molecule has 0 fully saturated rings. The summed E-state index contributed by atoms with van der Waals surface area (Å²) >= 11 is 5.59. The van der Waals surface area contributed by atoms with Crippen molar-refractivity contribution in [1.29, 1.82) is 0 Å². The van der Waals surface area contributed by atoms with E-state index in [-0.39, 0.29) is 5.28 Å². The Balaban J connectivity index is 2.91. The Morgan fingerprint density at radius 1 is 1.50 bits per heavy atom. The van der Waals surface area contributed by atoms with Gasteiger partial charge in [0, 0.05) is 0 Å². The molecule has 0 aliphatic rings. The van der Waals surface area contributed by atoms with Crippen molar-refractivity contribution in [2.24, 2.45) is 0 Å². The summed E-state index contributed by atoms with van der Waals surface area (Å²) < 4.78 is 0. The number of nitrogens with one attached hydrogen (secondary N) is 1. The predicted octanol–water partition coefficient (Wildman–Crippen LogP) is 0.988. The molecular formula is C7H3ClN4. The second kappa shape index (κ2) is 2.47. The second-order valence-corrected chi connectivity index (χ2v) is 2.46. The highest BCUT2D eigenvalue weighted by atomic mass is 35.5. The van der Waals surface area contributed by atoms with E-state index in [0.29, 0.717) is 16.7 Å². The van der Waals surface area contributed by atoms with E-state index in [1.165, 1.54) is 0 Å². The fourth-order valence-electron chi connectivity index (χ4n) is 0.918. The fourth-order valence-corrected chi connectivity index (χ4v) is 1.09. The fraction of sp³-hybridized carbons (Fsp3) is 0. The van der Waals surface area contributed by atoms with Gasteiger partial charge < -0.3 is 0 Å². The summed E-state index contributed by atoms with van der Waals surface area (Å²) in [5, 5.41) is 7.26. The third kappa shape index (κ3) is 0.917. The Kier molecular flexibility index (Phi) is 1.45. The number of hydrogen-bond donors (Lipinski definition) is 1. The minimum Gasteiger partial charge on any atom is -0.261 e. The predicted molar refractivity (Wildman–Crippen MR) is 44.6 cm³/mol. The van der Waals surface area contributed by atoms with Gasteiger partial charge >= 0.3 is 0 Å². The highest BCUT2D eigenvalue weighted by Crippen LogP contribution is 2.13. The number of aromatic amines is 1. The van der Waals surface area contributed by atoms with E-state index in [1.807, 2.05) is 0 Å². The first-order valence-corrected chi connectivity index (χ1v) is 3.52. The van der Waals surface area contributed by atoms with E-state index in [4.69, 9.17) is 18.0 Å². The number of fused-ring (bicyclic) bond motifs is 1. The van der Waals surface area contributed by atoms with Crippen LogP contribution in [0, 0.1) is 12.3 Å². The van der Waals surface area contributed by atoms with Crippen LogP contribution in [0.15, 0.2) is 6.20 Å². The van der Waals surface area contributed by atoms with E-state index >= 15 is 0 Å². The summed E-state index contributed by atoms with van der Waals surface area (Å²) in [4.78, 5) is 7.74. The molecule has 1 N–H and O–H groups in total. The SMILES string of the molecule is C#Cc1nc(Cl)nc2[nH]ncc12.